The van der Waals surface area contributed by atoms with E-state index in [0.29, 0.717) is 40.7 Å². The zero-order valence-electron chi connectivity index (χ0n) is 40.8. The van der Waals surface area contributed by atoms with Gasteiger partial charge in [-0.3, -0.25) is 33.8 Å². The van der Waals surface area contributed by atoms with E-state index in [1.807, 2.05) is 12.1 Å². The number of rotatable bonds is 16. The van der Waals surface area contributed by atoms with Crippen LogP contribution in [0.2, 0.25) is 8.67 Å². The summed E-state index contributed by atoms with van der Waals surface area (Å²) in [6.45, 7) is 11.4. The fraction of sp³-hybridized carbons (Fsp3) is 0.265. The molecule has 2 N–H and O–H groups in total. The maximum absolute atomic E-state index is 13.2. The summed E-state index contributed by atoms with van der Waals surface area (Å²) >= 11 is 19.9. The van der Waals surface area contributed by atoms with Gasteiger partial charge in [0, 0.05) is 72.8 Å². The predicted molar refractivity (Wildman–Crippen MR) is 293 cm³/mol. The highest BCUT2D eigenvalue weighted by Crippen LogP contribution is 2.36. The SMILES string of the molecule is CC(C)(C)C(=O)n1nc(-c2ccn(CC(=O)c3cnsc3)c(=O)c2C(=O)O)cc1SCc1ccc(Cl)s1.Cc1c(C(=O)O)c(-c2cc(SCc3ccc(Cl)s3)n(C(=O)C(C)(C)C)n2)cc(=O)n1CC(=O)c1cncs1. The fourth-order valence-electron chi connectivity index (χ4n) is 6.99. The van der Waals surface area contributed by atoms with Gasteiger partial charge in [0.05, 0.1) is 60.9 Å². The van der Waals surface area contributed by atoms with E-state index in [-0.39, 0.29) is 70.2 Å². The van der Waals surface area contributed by atoms with Gasteiger partial charge in [-0.05, 0) is 60.9 Å². The molecule has 75 heavy (non-hydrogen) atoms. The van der Waals surface area contributed by atoms with Crippen molar-refractivity contribution in [2.75, 3.05) is 0 Å². The first-order chi connectivity index (χ1) is 35.3. The number of Topliss-reactive ketones (excluding diaryl/α,β-unsaturated/α-hetero) is 2. The van der Waals surface area contributed by atoms with E-state index < -0.39 is 39.5 Å². The molecular weight excluding hydrogens is 1120 g/mol. The minimum atomic E-state index is -1.46. The molecule has 0 spiro atoms. The van der Waals surface area contributed by atoms with Crippen molar-refractivity contribution in [2.45, 2.75) is 83.1 Å². The number of hydrogen-bond acceptors (Lipinski definition) is 18. The number of aromatic carboxylic acids is 2. The minimum Gasteiger partial charge on any atom is -0.478 e. The fourth-order valence-corrected chi connectivity index (χ4v) is 12.3. The monoisotopic (exact) mass is 1170 g/mol. The van der Waals surface area contributed by atoms with Crippen molar-refractivity contribution in [3.8, 4) is 22.5 Å². The van der Waals surface area contributed by atoms with Crippen LogP contribution in [-0.4, -0.2) is 83.6 Å². The molecule has 0 aromatic carbocycles. The van der Waals surface area contributed by atoms with Crippen LogP contribution in [-0.2, 0) is 24.6 Å². The number of hydrogen-bond donors (Lipinski definition) is 2. The third-order valence-electron chi connectivity index (χ3n) is 10.8. The molecular formula is C49H44Cl2N8O10S6. The molecule has 0 radical (unpaired) electrons. The maximum Gasteiger partial charge on any atom is 0.342 e. The van der Waals surface area contributed by atoms with E-state index in [2.05, 4.69) is 19.6 Å². The van der Waals surface area contributed by atoms with E-state index in [1.165, 1.54) is 92.7 Å². The molecule has 0 bridgehead atoms. The van der Waals surface area contributed by atoms with Gasteiger partial charge in [-0.1, -0.05) is 64.7 Å². The summed E-state index contributed by atoms with van der Waals surface area (Å²) in [5.74, 6) is -2.99. The number of carboxylic acids is 2. The van der Waals surface area contributed by atoms with Crippen LogP contribution in [0.3, 0.4) is 0 Å². The molecule has 0 aliphatic heterocycles. The van der Waals surface area contributed by atoms with Gasteiger partial charge in [0.1, 0.15) is 15.6 Å². The van der Waals surface area contributed by atoms with Crippen molar-refractivity contribution >= 4 is 128 Å². The number of ketones is 2. The van der Waals surface area contributed by atoms with Crippen LogP contribution >= 0.6 is 92.3 Å². The Balaban J connectivity index is 0.000000219. The van der Waals surface area contributed by atoms with Crippen molar-refractivity contribution in [1.82, 2.24) is 38.1 Å². The van der Waals surface area contributed by atoms with Gasteiger partial charge in [-0.25, -0.2) is 14.0 Å². The van der Waals surface area contributed by atoms with Crippen molar-refractivity contribution in [3.05, 3.63) is 144 Å². The number of thiophene rings is 2. The number of halogens is 2. The largest absolute Gasteiger partial charge is 0.478 e. The first-order valence-corrected chi connectivity index (χ1v) is 28.2. The van der Waals surface area contributed by atoms with Crippen LogP contribution < -0.4 is 11.1 Å². The van der Waals surface area contributed by atoms with E-state index in [1.54, 1.807) is 71.2 Å². The summed E-state index contributed by atoms with van der Waals surface area (Å²) < 4.78 is 9.85. The lowest BCUT2D eigenvalue weighted by Crippen LogP contribution is -2.29. The second-order valence-electron chi connectivity index (χ2n) is 18.4. The summed E-state index contributed by atoms with van der Waals surface area (Å²) in [5, 5.41) is 31.4. The lowest BCUT2D eigenvalue weighted by molar-refractivity contribution is 0.0684. The van der Waals surface area contributed by atoms with Gasteiger partial charge < -0.3 is 19.3 Å². The smallest absolute Gasteiger partial charge is 0.342 e. The third-order valence-corrected chi connectivity index (χ3v) is 17.1. The molecule has 0 aliphatic rings. The Labute approximate surface area is 462 Å². The van der Waals surface area contributed by atoms with Crippen molar-refractivity contribution < 1.29 is 39.0 Å². The average Bonchev–Trinajstić information content (AvgIpc) is 4.21. The molecule has 8 heterocycles. The molecule has 0 aliphatic carbocycles. The van der Waals surface area contributed by atoms with E-state index in [9.17, 15) is 48.6 Å². The van der Waals surface area contributed by atoms with Crippen molar-refractivity contribution in [2.24, 2.45) is 10.8 Å². The zero-order chi connectivity index (χ0) is 54.7. The molecule has 0 atom stereocenters. The summed E-state index contributed by atoms with van der Waals surface area (Å²) in [4.78, 5) is 108. The maximum atomic E-state index is 13.2. The predicted octanol–water partition coefficient (Wildman–Crippen LogP) is 11.2. The summed E-state index contributed by atoms with van der Waals surface area (Å²) in [6, 6.07) is 13.1. The topological polar surface area (TPSA) is 248 Å². The summed E-state index contributed by atoms with van der Waals surface area (Å²) in [5.41, 5.74) is -1.22. The highest BCUT2D eigenvalue weighted by atomic mass is 35.5. The van der Waals surface area contributed by atoms with E-state index in [4.69, 9.17) is 23.2 Å². The average molecular weight is 1170 g/mol. The highest BCUT2D eigenvalue weighted by Gasteiger charge is 2.31. The van der Waals surface area contributed by atoms with Gasteiger partial charge in [0.15, 0.2) is 11.6 Å². The number of aromatic nitrogens is 8. The summed E-state index contributed by atoms with van der Waals surface area (Å²) in [7, 11) is 0. The number of nitrogens with zero attached hydrogens (tertiary/aromatic N) is 8. The number of pyridine rings is 2. The second kappa shape index (κ2) is 23.4. The molecule has 0 amide bonds. The Morgan fingerprint density at radius 2 is 1.24 bits per heavy atom. The quantitative estimate of drug-likeness (QED) is 0.0674. The van der Waals surface area contributed by atoms with Crippen LogP contribution in [0.4, 0.5) is 0 Å². The van der Waals surface area contributed by atoms with Crippen LogP contribution in [0.25, 0.3) is 22.5 Å². The van der Waals surface area contributed by atoms with Gasteiger partial charge in [0.25, 0.3) is 22.9 Å². The molecule has 26 heteroatoms. The number of carboxylic acid groups (broad SMARTS) is 2. The third kappa shape index (κ3) is 13.3. The minimum absolute atomic E-state index is 0.0554. The number of thioether (sulfide) groups is 2. The Morgan fingerprint density at radius 3 is 1.69 bits per heavy atom. The molecule has 390 valence electrons. The van der Waals surface area contributed by atoms with Crippen LogP contribution in [0.5, 0.6) is 0 Å². The lowest BCUT2D eigenvalue weighted by Gasteiger charge is -2.17. The molecule has 0 saturated heterocycles. The molecule has 18 nitrogen and oxygen atoms in total. The molecule has 0 unspecified atom stereocenters. The Morgan fingerprint density at radius 1 is 0.693 bits per heavy atom. The second-order valence-corrected chi connectivity index (χ2v) is 25.5. The molecule has 8 aromatic heterocycles. The van der Waals surface area contributed by atoms with Gasteiger partial charge in [-0.2, -0.15) is 19.6 Å². The molecule has 8 rings (SSSR count). The van der Waals surface area contributed by atoms with Crippen LogP contribution in [0.1, 0.15) is 107 Å². The van der Waals surface area contributed by atoms with E-state index >= 15 is 0 Å². The Kier molecular flexibility index (Phi) is 17.7. The first-order valence-electron chi connectivity index (χ1n) is 22.2. The van der Waals surface area contributed by atoms with Gasteiger partial charge in [0.2, 0.25) is 0 Å². The standard InChI is InChI=1S/C25H23ClN4O5S3.C24H21ClN4O5S3/c1-13-22(23(33)34)15(7-20(32)29(13)10-17(31)18-9-27-12-37-18)16-8-21(30(28-16)24(35)25(2,3)4)36-11-14-5-6-19(26)38-14;1-24(2,3)23(34)29-19(35-12-14-4-5-18(25)37-14)8-16(27-29)15-6-7-28(21(31)20(15)22(32)33)10-17(30)13-9-26-36-11-13/h5-9,12H,10-11H2,1-4H3,(H,33,34);4-9,11H,10,12H2,1-3H3,(H,32,33). The zero-order valence-corrected chi connectivity index (χ0v) is 47.2. The number of thiazole rings is 1. The highest BCUT2D eigenvalue weighted by molar-refractivity contribution is 7.98. The first kappa shape index (κ1) is 56.6. The van der Waals surface area contributed by atoms with Crippen LogP contribution in [0, 0.1) is 17.8 Å². The lowest BCUT2D eigenvalue weighted by atomic mass is 9.96. The van der Waals surface area contributed by atoms with Crippen molar-refractivity contribution in [1.29, 1.82) is 0 Å². The Bertz CT molecular complexity index is 3610. The molecule has 0 saturated carbocycles. The summed E-state index contributed by atoms with van der Waals surface area (Å²) in [6.07, 6.45) is 4.15. The Hall–Kier alpha value is -6.12. The normalized spacial score (nSPS) is 11.6. The number of carbonyl (C=O) groups is 6. The molecule has 8 aromatic rings. The van der Waals surface area contributed by atoms with E-state index in [0.717, 1.165) is 47.8 Å². The van der Waals surface area contributed by atoms with Crippen molar-refractivity contribution in [3.63, 3.8) is 0 Å². The number of carbonyl (C=O) groups excluding carboxylic acids is 4. The molecule has 0 fully saturated rings. The van der Waals surface area contributed by atoms with Crippen LogP contribution in [0.15, 0.2) is 97.7 Å². The van der Waals surface area contributed by atoms with Gasteiger partial charge >= 0.3 is 11.9 Å². The van der Waals surface area contributed by atoms with Gasteiger partial charge in [-0.15, -0.1) is 57.5 Å².